The minimum Gasteiger partial charge on any atom is -0.420 e. The largest absolute Gasteiger partial charge is 0.420 e. The summed E-state index contributed by atoms with van der Waals surface area (Å²) in [6.07, 6.45) is 4.78. The quantitative estimate of drug-likeness (QED) is 0.799. The molecule has 0 atom stereocenters. The standard InChI is InChI=1S/C15H17ClN2O/c1-10-6-8-11(9-7-10)14-17-18-15(19-14)12-4-2-3-5-13(12)16/h2-5,10-11H,6-9H2,1H3. The van der Waals surface area contributed by atoms with E-state index >= 15 is 0 Å². The van der Waals surface area contributed by atoms with Gasteiger partial charge in [-0.25, -0.2) is 0 Å². The van der Waals surface area contributed by atoms with Crippen molar-refractivity contribution in [2.24, 2.45) is 5.92 Å². The zero-order chi connectivity index (χ0) is 13.2. The van der Waals surface area contributed by atoms with E-state index < -0.39 is 0 Å². The van der Waals surface area contributed by atoms with Crippen molar-refractivity contribution in [2.75, 3.05) is 0 Å². The first-order valence-electron chi connectivity index (χ1n) is 6.82. The van der Waals surface area contributed by atoms with Crippen molar-refractivity contribution in [3.05, 3.63) is 35.2 Å². The van der Waals surface area contributed by atoms with Crippen LogP contribution in [0.1, 0.15) is 44.4 Å². The van der Waals surface area contributed by atoms with E-state index in [0.717, 1.165) is 30.2 Å². The molecule has 1 saturated carbocycles. The number of hydrogen-bond donors (Lipinski definition) is 0. The Balaban J connectivity index is 1.82. The molecule has 0 bridgehead atoms. The van der Waals surface area contributed by atoms with E-state index in [1.54, 1.807) is 0 Å². The SMILES string of the molecule is CC1CCC(c2nnc(-c3ccccc3Cl)o2)CC1. The van der Waals surface area contributed by atoms with E-state index in [-0.39, 0.29) is 0 Å². The van der Waals surface area contributed by atoms with Crippen molar-refractivity contribution in [1.82, 2.24) is 10.2 Å². The summed E-state index contributed by atoms with van der Waals surface area (Å²) in [4.78, 5) is 0. The van der Waals surface area contributed by atoms with Crippen LogP contribution in [0.25, 0.3) is 11.5 Å². The molecule has 4 heteroatoms. The fourth-order valence-corrected chi connectivity index (χ4v) is 2.87. The fraction of sp³-hybridized carbons (Fsp3) is 0.467. The van der Waals surface area contributed by atoms with Crippen LogP contribution in [-0.4, -0.2) is 10.2 Å². The number of rotatable bonds is 2. The molecule has 1 aliphatic rings. The molecule has 1 aromatic carbocycles. The highest BCUT2D eigenvalue weighted by Crippen LogP contribution is 2.36. The predicted octanol–water partition coefficient (Wildman–Crippen LogP) is 4.68. The Morgan fingerprint density at radius 1 is 1.11 bits per heavy atom. The monoisotopic (exact) mass is 276 g/mol. The highest BCUT2D eigenvalue weighted by atomic mass is 35.5. The average molecular weight is 277 g/mol. The Bertz CT molecular complexity index is 559. The highest BCUT2D eigenvalue weighted by molar-refractivity contribution is 6.33. The lowest BCUT2D eigenvalue weighted by Crippen LogP contribution is -2.10. The van der Waals surface area contributed by atoms with Crippen LogP contribution in [0.2, 0.25) is 5.02 Å². The van der Waals surface area contributed by atoms with Crippen molar-refractivity contribution in [3.8, 4) is 11.5 Å². The summed E-state index contributed by atoms with van der Waals surface area (Å²) < 4.78 is 5.82. The lowest BCUT2D eigenvalue weighted by molar-refractivity contribution is 0.309. The molecule has 100 valence electrons. The highest BCUT2D eigenvalue weighted by Gasteiger charge is 2.24. The second kappa shape index (κ2) is 5.33. The Labute approximate surface area is 118 Å². The summed E-state index contributed by atoms with van der Waals surface area (Å²) in [7, 11) is 0. The van der Waals surface area contributed by atoms with Crippen LogP contribution in [0.3, 0.4) is 0 Å². The van der Waals surface area contributed by atoms with E-state index in [0.29, 0.717) is 16.8 Å². The maximum absolute atomic E-state index is 6.15. The third-order valence-electron chi connectivity index (χ3n) is 3.91. The zero-order valence-electron chi connectivity index (χ0n) is 11.0. The first-order chi connectivity index (χ1) is 9.24. The zero-order valence-corrected chi connectivity index (χ0v) is 11.7. The Hall–Kier alpha value is -1.35. The molecule has 0 spiro atoms. The van der Waals surface area contributed by atoms with Gasteiger partial charge in [-0.2, -0.15) is 0 Å². The van der Waals surface area contributed by atoms with Crippen molar-refractivity contribution >= 4 is 11.6 Å². The maximum Gasteiger partial charge on any atom is 0.249 e. The third kappa shape index (κ3) is 2.66. The first-order valence-corrected chi connectivity index (χ1v) is 7.20. The van der Waals surface area contributed by atoms with Crippen LogP contribution in [-0.2, 0) is 0 Å². The predicted molar refractivity (Wildman–Crippen MR) is 75.1 cm³/mol. The van der Waals surface area contributed by atoms with Crippen LogP contribution in [0, 0.1) is 5.92 Å². The molecule has 2 aromatic rings. The maximum atomic E-state index is 6.15. The molecule has 1 heterocycles. The van der Waals surface area contributed by atoms with Crippen LogP contribution in [0.15, 0.2) is 28.7 Å². The summed E-state index contributed by atoms with van der Waals surface area (Å²) in [5.41, 5.74) is 0.812. The molecule has 0 N–H and O–H groups in total. The molecule has 1 aromatic heterocycles. The topological polar surface area (TPSA) is 38.9 Å². The van der Waals surface area contributed by atoms with Gasteiger partial charge in [0.1, 0.15) is 0 Å². The summed E-state index contributed by atoms with van der Waals surface area (Å²) in [6, 6.07) is 7.56. The summed E-state index contributed by atoms with van der Waals surface area (Å²) >= 11 is 6.15. The Morgan fingerprint density at radius 2 is 1.84 bits per heavy atom. The van der Waals surface area contributed by atoms with Crippen molar-refractivity contribution in [3.63, 3.8) is 0 Å². The van der Waals surface area contributed by atoms with Gasteiger partial charge in [0, 0.05) is 5.92 Å². The number of nitrogens with zero attached hydrogens (tertiary/aromatic N) is 2. The van der Waals surface area contributed by atoms with E-state index in [4.69, 9.17) is 16.0 Å². The lowest BCUT2D eigenvalue weighted by atomic mass is 9.83. The Morgan fingerprint density at radius 3 is 2.58 bits per heavy atom. The van der Waals surface area contributed by atoms with Gasteiger partial charge < -0.3 is 4.42 Å². The van der Waals surface area contributed by atoms with Gasteiger partial charge in [0.25, 0.3) is 0 Å². The lowest BCUT2D eigenvalue weighted by Gasteiger charge is -2.23. The van der Waals surface area contributed by atoms with Gasteiger partial charge in [-0.15, -0.1) is 10.2 Å². The number of hydrogen-bond acceptors (Lipinski definition) is 3. The van der Waals surface area contributed by atoms with Crippen LogP contribution in [0.4, 0.5) is 0 Å². The molecule has 1 aliphatic carbocycles. The molecule has 3 nitrogen and oxygen atoms in total. The van der Waals surface area contributed by atoms with Gasteiger partial charge in [0.2, 0.25) is 11.8 Å². The first kappa shape index (κ1) is 12.7. The van der Waals surface area contributed by atoms with Gasteiger partial charge in [-0.3, -0.25) is 0 Å². The molecule has 0 unspecified atom stereocenters. The van der Waals surface area contributed by atoms with Crippen LogP contribution < -0.4 is 0 Å². The minimum atomic E-state index is 0.417. The van der Waals surface area contributed by atoms with Gasteiger partial charge in [-0.05, 0) is 43.7 Å². The smallest absolute Gasteiger partial charge is 0.249 e. The summed E-state index contributed by atoms with van der Waals surface area (Å²) in [5, 5.41) is 9.00. The average Bonchev–Trinajstić information content (AvgIpc) is 2.89. The van der Waals surface area contributed by atoms with E-state index in [9.17, 15) is 0 Å². The van der Waals surface area contributed by atoms with Gasteiger partial charge in [0.15, 0.2) is 0 Å². The molecule has 0 amide bonds. The van der Waals surface area contributed by atoms with Crippen LogP contribution in [0.5, 0.6) is 0 Å². The van der Waals surface area contributed by atoms with Gasteiger partial charge >= 0.3 is 0 Å². The molecule has 0 aliphatic heterocycles. The second-order valence-electron chi connectivity index (χ2n) is 5.38. The normalized spacial score (nSPS) is 23.5. The van der Waals surface area contributed by atoms with Gasteiger partial charge in [-0.1, -0.05) is 30.7 Å². The van der Waals surface area contributed by atoms with E-state index in [1.807, 2.05) is 24.3 Å². The molecule has 19 heavy (non-hydrogen) atoms. The second-order valence-corrected chi connectivity index (χ2v) is 5.79. The molecular weight excluding hydrogens is 260 g/mol. The number of halogens is 1. The summed E-state index contributed by atoms with van der Waals surface area (Å²) in [6.45, 7) is 2.30. The minimum absolute atomic E-state index is 0.417. The van der Waals surface area contributed by atoms with Crippen molar-refractivity contribution < 1.29 is 4.42 Å². The number of aromatic nitrogens is 2. The third-order valence-corrected chi connectivity index (χ3v) is 4.24. The van der Waals surface area contributed by atoms with Crippen molar-refractivity contribution in [2.45, 2.75) is 38.5 Å². The summed E-state index contributed by atoms with van der Waals surface area (Å²) in [5.74, 6) is 2.53. The van der Waals surface area contributed by atoms with Crippen LogP contribution >= 0.6 is 11.6 Å². The van der Waals surface area contributed by atoms with Crippen molar-refractivity contribution in [1.29, 1.82) is 0 Å². The van der Waals surface area contributed by atoms with E-state index in [1.165, 1.54) is 12.8 Å². The molecule has 1 fully saturated rings. The molecular formula is C15H17ClN2O. The molecule has 0 radical (unpaired) electrons. The van der Waals surface area contributed by atoms with E-state index in [2.05, 4.69) is 17.1 Å². The molecule has 0 saturated heterocycles. The number of benzene rings is 1. The fourth-order valence-electron chi connectivity index (χ4n) is 2.65. The molecule has 3 rings (SSSR count). The van der Waals surface area contributed by atoms with Gasteiger partial charge in [0.05, 0.1) is 10.6 Å². The Kier molecular flexibility index (Phi) is 3.56.